The maximum absolute atomic E-state index is 12.3. The van der Waals surface area contributed by atoms with Crippen LogP contribution in [0.2, 0.25) is 0 Å². The number of fused-ring (bicyclic) bond motifs is 2. The van der Waals surface area contributed by atoms with Gasteiger partial charge in [-0.1, -0.05) is 0 Å². The molecule has 136 valence electrons. The van der Waals surface area contributed by atoms with E-state index in [-0.39, 0.29) is 17.4 Å². The topological polar surface area (TPSA) is 132 Å². The molecule has 0 unspecified atom stereocenters. The standard InChI is InChI=1S/C16H15N3O6S/c1-6(21)11-8-2-7(13(16(24)25)19(8)14(11)23)10-3-18-5-17-12(9(22)4-20)15(18)26-10/h3,5-6,8,11,20-21H,2,4H2,1H3,(H,24,25)/t6-,8-,11-/m1/s1. The molecule has 1 fully saturated rings. The summed E-state index contributed by atoms with van der Waals surface area (Å²) < 4.78 is 1.60. The lowest BCUT2D eigenvalue weighted by Gasteiger charge is -2.44. The minimum atomic E-state index is -1.21. The number of aliphatic hydroxyl groups is 2. The van der Waals surface area contributed by atoms with Gasteiger partial charge in [-0.05, 0) is 13.3 Å². The summed E-state index contributed by atoms with van der Waals surface area (Å²) in [7, 11) is 0. The van der Waals surface area contributed by atoms with Gasteiger partial charge in [0.15, 0.2) is 0 Å². The maximum atomic E-state index is 12.3. The van der Waals surface area contributed by atoms with Crippen LogP contribution in [0.5, 0.6) is 0 Å². The molecule has 4 heterocycles. The Morgan fingerprint density at radius 3 is 2.81 bits per heavy atom. The predicted molar refractivity (Wildman–Crippen MR) is 89.5 cm³/mol. The van der Waals surface area contributed by atoms with Crippen molar-refractivity contribution in [3.63, 3.8) is 0 Å². The normalized spacial score (nSPS) is 23.3. The van der Waals surface area contributed by atoms with E-state index in [9.17, 15) is 24.6 Å². The molecule has 0 radical (unpaired) electrons. The molecule has 2 aliphatic rings. The first-order valence-corrected chi connectivity index (χ1v) is 8.75. The largest absolute Gasteiger partial charge is 0.477 e. The highest BCUT2D eigenvalue weighted by molar-refractivity contribution is 7.18. The number of imidazole rings is 1. The van der Waals surface area contributed by atoms with Crippen LogP contribution in [0.1, 0.15) is 28.7 Å². The number of thiazole rings is 1. The van der Waals surface area contributed by atoms with Gasteiger partial charge in [0.2, 0.25) is 11.7 Å². The number of nitrogens with zero attached hydrogens (tertiary/aromatic N) is 3. The van der Waals surface area contributed by atoms with Crippen LogP contribution in [-0.4, -0.2) is 66.0 Å². The SMILES string of the molecule is C[C@@H](O)[C@H]1C(=O)N2C(C(=O)O)=C(c3cn4cnc(C(=O)CO)c4s3)C[C@H]12. The van der Waals surface area contributed by atoms with E-state index in [1.165, 1.54) is 29.5 Å². The van der Waals surface area contributed by atoms with Crippen molar-refractivity contribution in [2.45, 2.75) is 25.5 Å². The number of hydrogen-bond donors (Lipinski definition) is 3. The summed E-state index contributed by atoms with van der Waals surface area (Å²) >= 11 is 1.18. The molecule has 0 saturated carbocycles. The molecule has 0 spiro atoms. The molecule has 1 saturated heterocycles. The van der Waals surface area contributed by atoms with E-state index in [4.69, 9.17) is 5.11 Å². The highest BCUT2D eigenvalue weighted by Crippen LogP contribution is 2.48. The van der Waals surface area contributed by atoms with E-state index in [2.05, 4.69) is 4.98 Å². The van der Waals surface area contributed by atoms with Gasteiger partial charge in [0, 0.05) is 11.8 Å². The van der Waals surface area contributed by atoms with Gasteiger partial charge in [-0.2, -0.15) is 0 Å². The fourth-order valence-corrected chi connectivity index (χ4v) is 4.84. The second-order valence-corrected chi connectivity index (χ2v) is 7.39. The second kappa shape index (κ2) is 5.73. The van der Waals surface area contributed by atoms with Crippen LogP contribution < -0.4 is 0 Å². The Morgan fingerprint density at radius 1 is 1.46 bits per heavy atom. The number of amides is 1. The number of rotatable bonds is 5. The van der Waals surface area contributed by atoms with Gasteiger partial charge in [0.25, 0.3) is 0 Å². The minimum absolute atomic E-state index is 0.0793. The van der Waals surface area contributed by atoms with Crippen LogP contribution in [0.25, 0.3) is 10.4 Å². The van der Waals surface area contributed by atoms with Crippen molar-refractivity contribution in [1.82, 2.24) is 14.3 Å². The first kappa shape index (κ1) is 16.9. The Labute approximate surface area is 150 Å². The maximum Gasteiger partial charge on any atom is 0.352 e. The zero-order chi connectivity index (χ0) is 18.7. The molecule has 10 heteroatoms. The number of carboxylic acid groups (broad SMARTS) is 1. The summed E-state index contributed by atoms with van der Waals surface area (Å²) in [6.07, 6.45) is 2.55. The number of β-lactam (4-membered cyclic amide) rings is 1. The molecule has 2 aromatic heterocycles. The molecule has 2 aromatic rings. The fraction of sp³-hybridized carbons (Fsp3) is 0.375. The third-order valence-corrected chi connectivity index (χ3v) is 6.02. The van der Waals surface area contributed by atoms with Crippen molar-refractivity contribution in [3.8, 4) is 0 Å². The van der Waals surface area contributed by atoms with Crippen LogP contribution in [-0.2, 0) is 9.59 Å². The van der Waals surface area contributed by atoms with Crippen LogP contribution in [0.3, 0.4) is 0 Å². The second-order valence-electron chi connectivity index (χ2n) is 6.36. The first-order chi connectivity index (χ1) is 12.3. The lowest BCUT2D eigenvalue weighted by molar-refractivity contribution is -0.161. The van der Waals surface area contributed by atoms with E-state index in [1.54, 1.807) is 10.6 Å². The number of carbonyl (C=O) groups excluding carboxylic acids is 2. The molecular weight excluding hydrogens is 362 g/mol. The molecule has 2 aliphatic heterocycles. The van der Waals surface area contributed by atoms with Crippen molar-refractivity contribution >= 4 is 39.4 Å². The highest BCUT2D eigenvalue weighted by Gasteiger charge is 2.57. The molecule has 4 rings (SSSR count). The van der Waals surface area contributed by atoms with Crippen LogP contribution in [0.4, 0.5) is 0 Å². The summed E-state index contributed by atoms with van der Waals surface area (Å²) in [6.45, 7) is 0.857. The number of aliphatic carboxylic acids is 1. The number of Topliss-reactive ketones (excluding diaryl/α,β-unsaturated/α-hetero) is 1. The summed E-state index contributed by atoms with van der Waals surface area (Å²) in [5.41, 5.74) is 0.542. The van der Waals surface area contributed by atoms with Gasteiger partial charge in [-0.25, -0.2) is 9.78 Å². The molecule has 3 N–H and O–H groups in total. The molecule has 0 aliphatic carbocycles. The summed E-state index contributed by atoms with van der Waals surface area (Å²) in [4.78, 5) is 42.1. The molecule has 0 bridgehead atoms. The Kier molecular flexibility index (Phi) is 3.72. The van der Waals surface area contributed by atoms with Crippen LogP contribution in [0, 0.1) is 5.92 Å². The molecular formula is C16H15N3O6S. The van der Waals surface area contributed by atoms with Gasteiger partial charge in [-0.3, -0.25) is 14.0 Å². The first-order valence-electron chi connectivity index (χ1n) is 7.93. The van der Waals surface area contributed by atoms with E-state index in [1.807, 2.05) is 0 Å². The Hall–Kier alpha value is -2.56. The van der Waals surface area contributed by atoms with Gasteiger partial charge in [-0.15, -0.1) is 11.3 Å². The number of ketones is 1. The number of carboxylic acids is 1. The summed E-state index contributed by atoms with van der Waals surface area (Å²) in [5, 5.41) is 28.4. The van der Waals surface area contributed by atoms with Gasteiger partial charge in [0.1, 0.15) is 29.2 Å². The number of hydrogen-bond acceptors (Lipinski definition) is 7. The van der Waals surface area contributed by atoms with Crippen molar-refractivity contribution in [2.75, 3.05) is 6.61 Å². The smallest absolute Gasteiger partial charge is 0.352 e. The van der Waals surface area contributed by atoms with E-state index < -0.39 is 36.3 Å². The minimum Gasteiger partial charge on any atom is -0.477 e. The molecule has 26 heavy (non-hydrogen) atoms. The monoisotopic (exact) mass is 377 g/mol. The van der Waals surface area contributed by atoms with Crippen LogP contribution in [0.15, 0.2) is 18.2 Å². The average Bonchev–Trinajstić information content (AvgIpc) is 3.23. The zero-order valence-electron chi connectivity index (χ0n) is 13.6. The Balaban J connectivity index is 1.79. The van der Waals surface area contributed by atoms with Crippen LogP contribution >= 0.6 is 11.3 Å². The zero-order valence-corrected chi connectivity index (χ0v) is 14.4. The van der Waals surface area contributed by atoms with E-state index in [0.29, 0.717) is 21.7 Å². The van der Waals surface area contributed by atoms with Crippen molar-refractivity contribution in [2.24, 2.45) is 5.92 Å². The molecule has 3 atom stereocenters. The van der Waals surface area contributed by atoms with Crippen molar-refractivity contribution in [3.05, 3.63) is 28.8 Å². The number of carbonyl (C=O) groups is 3. The Bertz CT molecular complexity index is 987. The van der Waals surface area contributed by atoms with Gasteiger partial charge < -0.3 is 20.2 Å². The lowest BCUT2D eigenvalue weighted by atomic mass is 9.83. The van der Waals surface area contributed by atoms with Gasteiger partial charge in [0.05, 0.1) is 22.9 Å². The Morgan fingerprint density at radius 2 is 2.19 bits per heavy atom. The average molecular weight is 377 g/mol. The number of aliphatic hydroxyl groups excluding tert-OH is 2. The summed E-state index contributed by atoms with van der Waals surface area (Å²) in [6, 6.07) is -0.373. The van der Waals surface area contributed by atoms with E-state index >= 15 is 0 Å². The van der Waals surface area contributed by atoms with Crippen molar-refractivity contribution in [1.29, 1.82) is 0 Å². The third kappa shape index (κ3) is 2.16. The molecule has 0 aromatic carbocycles. The van der Waals surface area contributed by atoms with Gasteiger partial charge >= 0.3 is 5.97 Å². The lowest BCUT2D eigenvalue weighted by Crippen LogP contribution is -2.61. The predicted octanol–water partition coefficient (Wildman–Crippen LogP) is -0.0220. The van der Waals surface area contributed by atoms with E-state index in [0.717, 1.165) is 0 Å². The third-order valence-electron chi connectivity index (χ3n) is 4.85. The number of aromatic nitrogens is 2. The summed E-state index contributed by atoms with van der Waals surface area (Å²) in [5.74, 6) is -2.73. The fourth-order valence-electron chi connectivity index (χ4n) is 3.70. The quantitative estimate of drug-likeness (QED) is 0.493. The highest BCUT2D eigenvalue weighted by atomic mass is 32.1. The van der Waals surface area contributed by atoms with Crippen molar-refractivity contribution < 1.29 is 29.7 Å². The molecule has 1 amide bonds. The molecule has 9 nitrogen and oxygen atoms in total.